The SMILES string of the molecule is CC(C)N1CCCC(N2CCN(Cc3cn4cccnc4n3)CC2)C1=O. The molecule has 2 aliphatic rings. The number of rotatable bonds is 4. The van der Waals surface area contributed by atoms with Gasteiger partial charge in [0.15, 0.2) is 0 Å². The number of piperazine rings is 1. The van der Waals surface area contributed by atoms with E-state index < -0.39 is 0 Å². The van der Waals surface area contributed by atoms with Crippen molar-refractivity contribution >= 4 is 11.7 Å². The maximum absolute atomic E-state index is 12.8. The van der Waals surface area contributed by atoms with Crippen molar-refractivity contribution in [3.05, 3.63) is 30.4 Å². The van der Waals surface area contributed by atoms with Crippen LogP contribution in [0.1, 0.15) is 32.4 Å². The van der Waals surface area contributed by atoms with Gasteiger partial charge < -0.3 is 4.90 Å². The summed E-state index contributed by atoms with van der Waals surface area (Å²) in [5.41, 5.74) is 1.05. The van der Waals surface area contributed by atoms with Crippen LogP contribution in [0.5, 0.6) is 0 Å². The fraction of sp³-hybridized carbons (Fsp3) is 0.632. The van der Waals surface area contributed by atoms with E-state index in [1.807, 2.05) is 21.6 Å². The van der Waals surface area contributed by atoms with Crippen LogP contribution in [-0.2, 0) is 11.3 Å². The molecule has 2 aliphatic heterocycles. The molecule has 0 aromatic carbocycles. The maximum Gasteiger partial charge on any atom is 0.240 e. The molecule has 0 aliphatic carbocycles. The Balaban J connectivity index is 1.34. The smallest absolute Gasteiger partial charge is 0.240 e. The average Bonchev–Trinajstić information content (AvgIpc) is 3.05. The largest absolute Gasteiger partial charge is 0.339 e. The van der Waals surface area contributed by atoms with Crippen molar-refractivity contribution in [2.75, 3.05) is 32.7 Å². The Labute approximate surface area is 154 Å². The van der Waals surface area contributed by atoms with Gasteiger partial charge in [-0.25, -0.2) is 9.97 Å². The zero-order chi connectivity index (χ0) is 18.1. The van der Waals surface area contributed by atoms with E-state index in [-0.39, 0.29) is 6.04 Å². The van der Waals surface area contributed by atoms with Gasteiger partial charge in [0.05, 0.1) is 11.7 Å². The van der Waals surface area contributed by atoms with E-state index in [0.717, 1.165) is 63.6 Å². The van der Waals surface area contributed by atoms with Gasteiger partial charge in [0.2, 0.25) is 11.7 Å². The first-order chi connectivity index (χ1) is 12.6. The molecule has 1 amide bonds. The number of carbonyl (C=O) groups excluding carboxylic acids is 1. The van der Waals surface area contributed by atoms with Crippen molar-refractivity contribution in [3.8, 4) is 0 Å². The summed E-state index contributed by atoms with van der Waals surface area (Å²) < 4.78 is 1.97. The molecule has 7 nitrogen and oxygen atoms in total. The first kappa shape index (κ1) is 17.4. The summed E-state index contributed by atoms with van der Waals surface area (Å²) in [6.07, 6.45) is 7.92. The van der Waals surface area contributed by atoms with Gasteiger partial charge >= 0.3 is 0 Å². The Morgan fingerprint density at radius 1 is 1.19 bits per heavy atom. The van der Waals surface area contributed by atoms with Gasteiger partial charge in [-0.05, 0) is 32.8 Å². The Morgan fingerprint density at radius 3 is 2.73 bits per heavy atom. The van der Waals surface area contributed by atoms with Crippen LogP contribution in [0.2, 0.25) is 0 Å². The summed E-state index contributed by atoms with van der Waals surface area (Å²) in [4.78, 5) is 28.5. The van der Waals surface area contributed by atoms with Gasteiger partial charge in [-0.2, -0.15) is 0 Å². The molecule has 0 radical (unpaired) electrons. The lowest BCUT2D eigenvalue weighted by atomic mass is 10.0. The predicted molar refractivity (Wildman–Crippen MR) is 99.7 cm³/mol. The van der Waals surface area contributed by atoms with Crippen molar-refractivity contribution in [3.63, 3.8) is 0 Å². The van der Waals surface area contributed by atoms with E-state index >= 15 is 0 Å². The number of hydrogen-bond acceptors (Lipinski definition) is 5. The van der Waals surface area contributed by atoms with E-state index in [1.54, 1.807) is 6.20 Å². The van der Waals surface area contributed by atoms with Crippen LogP contribution in [0.15, 0.2) is 24.7 Å². The predicted octanol–water partition coefficient (Wildman–Crippen LogP) is 1.25. The highest BCUT2D eigenvalue weighted by molar-refractivity contribution is 5.82. The minimum atomic E-state index is 0.0766. The molecule has 7 heteroatoms. The lowest BCUT2D eigenvalue weighted by molar-refractivity contribution is -0.143. The van der Waals surface area contributed by atoms with Gasteiger partial charge in [0.1, 0.15) is 0 Å². The fourth-order valence-corrected chi connectivity index (χ4v) is 4.15. The molecule has 2 aromatic rings. The summed E-state index contributed by atoms with van der Waals surface area (Å²) in [6.45, 7) is 9.84. The van der Waals surface area contributed by atoms with Crippen molar-refractivity contribution < 1.29 is 4.79 Å². The first-order valence-electron chi connectivity index (χ1n) is 9.67. The Kier molecular flexibility index (Phi) is 4.91. The summed E-state index contributed by atoms with van der Waals surface area (Å²) in [6, 6.07) is 2.29. The first-order valence-corrected chi connectivity index (χ1v) is 9.67. The van der Waals surface area contributed by atoms with Crippen molar-refractivity contribution in [1.82, 2.24) is 29.1 Å². The molecular formula is C19H28N6O. The monoisotopic (exact) mass is 356 g/mol. The lowest BCUT2D eigenvalue weighted by Crippen LogP contribution is -2.58. The molecule has 0 N–H and O–H groups in total. The molecule has 2 fully saturated rings. The summed E-state index contributed by atoms with van der Waals surface area (Å²) >= 11 is 0. The summed E-state index contributed by atoms with van der Waals surface area (Å²) in [7, 11) is 0. The van der Waals surface area contributed by atoms with E-state index in [0.29, 0.717) is 11.9 Å². The molecule has 0 spiro atoms. The minimum absolute atomic E-state index is 0.0766. The number of fused-ring (bicyclic) bond motifs is 1. The Bertz CT molecular complexity index is 731. The molecule has 2 saturated heterocycles. The number of aromatic nitrogens is 3. The topological polar surface area (TPSA) is 57.0 Å². The second-order valence-corrected chi connectivity index (χ2v) is 7.65. The van der Waals surface area contributed by atoms with E-state index in [1.165, 1.54) is 0 Å². The third-order valence-electron chi connectivity index (χ3n) is 5.59. The second kappa shape index (κ2) is 7.32. The van der Waals surface area contributed by atoms with Crippen LogP contribution in [-0.4, -0.2) is 79.8 Å². The third-order valence-corrected chi connectivity index (χ3v) is 5.59. The standard InChI is InChI=1S/C19H28N6O/c1-15(2)25-8-3-5-17(18(25)26)23-11-9-22(10-12-23)13-16-14-24-7-4-6-20-19(24)21-16/h4,6-7,14-15,17H,3,5,8-13H2,1-2H3. The number of nitrogens with zero attached hydrogens (tertiary/aromatic N) is 6. The van der Waals surface area contributed by atoms with Crippen LogP contribution < -0.4 is 0 Å². The lowest BCUT2D eigenvalue weighted by Gasteiger charge is -2.43. The van der Waals surface area contributed by atoms with E-state index in [9.17, 15) is 4.79 Å². The van der Waals surface area contributed by atoms with E-state index in [2.05, 4.69) is 39.8 Å². The molecule has 26 heavy (non-hydrogen) atoms. The van der Waals surface area contributed by atoms with Gasteiger partial charge in [0, 0.05) is 63.9 Å². The van der Waals surface area contributed by atoms with Crippen molar-refractivity contribution in [1.29, 1.82) is 0 Å². The van der Waals surface area contributed by atoms with Crippen molar-refractivity contribution in [2.45, 2.75) is 45.3 Å². The fourth-order valence-electron chi connectivity index (χ4n) is 4.15. The zero-order valence-corrected chi connectivity index (χ0v) is 15.7. The maximum atomic E-state index is 12.8. The highest BCUT2D eigenvalue weighted by Gasteiger charge is 2.35. The highest BCUT2D eigenvalue weighted by Crippen LogP contribution is 2.21. The molecule has 140 valence electrons. The van der Waals surface area contributed by atoms with Crippen LogP contribution in [0.25, 0.3) is 5.78 Å². The van der Waals surface area contributed by atoms with Gasteiger partial charge in [-0.1, -0.05) is 0 Å². The van der Waals surface area contributed by atoms with E-state index in [4.69, 9.17) is 0 Å². The zero-order valence-electron chi connectivity index (χ0n) is 15.7. The second-order valence-electron chi connectivity index (χ2n) is 7.65. The Hall–Kier alpha value is -1.99. The number of hydrogen-bond donors (Lipinski definition) is 0. The molecular weight excluding hydrogens is 328 g/mol. The normalized spacial score (nSPS) is 23.3. The number of likely N-dealkylation sites (tertiary alicyclic amines) is 1. The third kappa shape index (κ3) is 3.46. The number of imidazole rings is 1. The molecule has 1 unspecified atom stereocenters. The number of piperidine rings is 1. The Morgan fingerprint density at radius 2 is 2.00 bits per heavy atom. The van der Waals surface area contributed by atoms with Crippen molar-refractivity contribution in [2.24, 2.45) is 0 Å². The number of carbonyl (C=O) groups is 1. The summed E-state index contributed by atoms with van der Waals surface area (Å²) in [5.74, 6) is 1.08. The molecule has 0 bridgehead atoms. The van der Waals surface area contributed by atoms with Crippen LogP contribution in [0, 0.1) is 0 Å². The minimum Gasteiger partial charge on any atom is -0.339 e. The molecule has 4 rings (SSSR count). The van der Waals surface area contributed by atoms with Gasteiger partial charge in [0.25, 0.3) is 0 Å². The van der Waals surface area contributed by atoms with Crippen LogP contribution >= 0.6 is 0 Å². The quantitative estimate of drug-likeness (QED) is 0.825. The summed E-state index contributed by atoms with van der Waals surface area (Å²) in [5, 5.41) is 0. The molecule has 4 heterocycles. The molecule has 1 atom stereocenters. The number of amides is 1. The van der Waals surface area contributed by atoms with Gasteiger partial charge in [-0.15, -0.1) is 0 Å². The van der Waals surface area contributed by atoms with Crippen LogP contribution in [0.4, 0.5) is 0 Å². The van der Waals surface area contributed by atoms with Crippen LogP contribution in [0.3, 0.4) is 0 Å². The highest BCUT2D eigenvalue weighted by atomic mass is 16.2. The molecule has 0 saturated carbocycles. The molecule has 2 aromatic heterocycles. The van der Waals surface area contributed by atoms with Gasteiger partial charge in [-0.3, -0.25) is 19.0 Å². The average molecular weight is 356 g/mol.